The van der Waals surface area contributed by atoms with Crippen LogP contribution in [0.3, 0.4) is 0 Å². The van der Waals surface area contributed by atoms with E-state index in [9.17, 15) is 5.11 Å². The topological polar surface area (TPSA) is 83.6 Å². The van der Waals surface area contributed by atoms with Crippen LogP contribution in [0.1, 0.15) is 80.7 Å². The molecule has 1 unspecified atom stereocenters. The number of ether oxygens (including phenoxy) is 1. The van der Waals surface area contributed by atoms with Crippen LogP contribution in [0.25, 0.3) is 0 Å². The zero-order valence-corrected chi connectivity index (χ0v) is 17.9. The highest BCUT2D eigenvalue weighted by atomic mass is 16.5. The van der Waals surface area contributed by atoms with Gasteiger partial charge in [0.2, 0.25) is 0 Å². The molecule has 29 heavy (non-hydrogen) atoms. The van der Waals surface area contributed by atoms with E-state index in [1.807, 2.05) is 0 Å². The van der Waals surface area contributed by atoms with Crippen molar-refractivity contribution in [2.24, 2.45) is 5.73 Å². The fraction of sp³-hybridized carbons (Fsp3) is 0.783. The summed E-state index contributed by atoms with van der Waals surface area (Å²) in [6, 6.07) is 2.90. The Balaban J connectivity index is 1.55. The average Bonchev–Trinajstić information content (AvgIpc) is 3.44. The first-order chi connectivity index (χ1) is 14.2. The van der Waals surface area contributed by atoms with Gasteiger partial charge in [-0.2, -0.15) is 0 Å². The Bertz CT molecular complexity index is 654. The number of morpholine rings is 1. The predicted octanol–water partition coefficient (Wildman–Crippen LogP) is 2.46. The van der Waals surface area contributed by atoms with Crippen molar-refractivity contribution in [2.75, 3.05) is 26.2 Å². The van der Waals surface area contributed by atoms with Crippen LogP contribution in [0.15, 0.2) is 12.3 Å². The highest BCUT2D eigenvalue weighted by Gasteiger charge is 2.41. The number of rotatable bonds is 9. The monoisotopic (exact) mass is 402 g/mol. The largest absolute Gasteiger partial charge is 0.376 e. The molecular formula is C23H38N4O2. The molecule has 1 saturated heterocycles. The second kappa shape index (κ2) is 9.84. The van der Waals surface area contributed by atoms with E-state index in [-0.39, 0.29) is 12.1 Å². The maximum absolute atomic E-state index is 11.1. The molecule has 0 spiro atoms. The van der Waals surface area contributed by atoms with Crippen molar-refractivity contribution in [3.8, 4) is 0 Å². The Morgan fingerprint density at radius 1 is 1.31 bits per heavy atom. The van der Waals surface area contributed by atoms with Crippen LogP contribution in [-0.2, 0) is 11.2 Å². The van der Waals surface area contributed by atoms with Gasteiger partial charge in [-0.25, -0.2) is 0 Å². The summed E-state index contributed by atoms with van der Waals surface area (Å²) in [5.41, 5.74) is 9.68. The molecule has 3 aliphatic rings. The van der Waals surface area contributed by atoms with E-state index in [1.54, 1.807) is 0 Å². The van der Waals surface area contributed by atoms with Crippen LogP contribution in [0.5, 0.6) is 0 Å². The van der Waals surface area contributed by atoms with Crippen LogP contribution in [0.4, 0.5) is 0 Å². The average molecular weight is 403 g/mol. The number of hydrogen-bond acceptors (Lipinski definition) is 6. The number of aryl methyl sites for hydroxylation is 1. The lowest BCUT2D eigenvalue weighted by Gasteiger charge is -2.39. The molecule has 1 aromatic rings. The molecule has 4 rings (SSSR count). The summed E-state index contributed by atoms with van der Waals surface area (Å²) in [6.45, 7) is 5.14. The van der Waals surface area contributed by atoms with E-state index in [0.29, 0.717) is 31.7 Å². The number of aliphatic hydroxyl groups excluding tert-OH is 1. The third kappa shape index (κ3) is 5.00. The summed E-state index contributed by atoms with van der Waals surface area (Å²) in [6.07, 6.45) is 10.7. The lowest BCUT2D eigenvalue weighted by atomic mass is 9.93. The Kier molecular flexibility index (Phi) is 7.19. The Hall–Kier alpha value is -1.05. The Morgan fingerprint density at radius 2 is 2.10 bits per heavy atom. The molecule has 3 atom stereocenters. The first-order valence-electron chi connectivity index (χ1n) is 11.7. The summed E-state index contributed by atoms with van der Waals surface area (Å²) in [5.74, 6) is 0.610. The van der Waals surface area contributed by atoms with E-state index in [2.05, 4.69) is 29.4 Å². The third-order valence-electron chi connectivity index (χ3n) is 6.91. The summed E-state index contributed by atoms with van der Waals surface area (Å²) < 4.78 is 5.86. The second-order valence-corrected chi connectivity index (χ2v) is 9.07. The van der Waals surface area contributed by atoms with E-state index < -0.39 is 6.23 Å². The van der Waals surface area contributed by atoms with Crippen LogP contribution < -0.4 is 11.1 Å². The maximum Gasteiger partial charge on any atom is 0.135 e. The van der Waals surface area contributed by atoms with Crippen molar-refractivity contribution < 1.29 is 9.84 Å². The van der Waals surface area contributed by atoms with Gasteiger partial charge in [-0.15, -0.1) is 0 Å². The number of aliphatic hydroxyl groups is 1. The molecule has 2 heterocycles. The van der Waals surface area contributed by atoms with Gasteiger partial charge in [-0.05, 0) is 63.1 Å². The van der Waals surface area contributed by atoms with Gasteiger partial charge < -0.3 is 20.9 Å². The minimum absolute atomic E-state index is 0.116. The van der Waals surface area contributed by atoms with Crippen LogP contribution >= 0.6 is 0 Å². The van der Waals surface area contributed by atoms with Crippen molar-refractivity contribution >= 4 is 0 Å². The Morgan fingerprint density at radius 3 is 2.76 bits per heavy atom. The smallest absolute Gasteiger partial charge is 0.135 e. The van der Waals surface area contributed by atoms with E-state index in [1.165, 1.54) is 42.5 Å². The highest BCUT2D eigenvalue weighted by molar-refractivity contribution is 5.30. The minimum Gasteiger partial charge on any atom is -0.376 e. The van der Waals surface area contributed by atoms with E-state index in [4.69, 9.17) is 15.5 Å². The standard InChI is InChI=1S/C23H38N4O2/c1-16(27(20-8-9-20)23(28)21-15-25-11-12-29-21)19-13-18(7-4-10-24)22(26-14-19)17-5-2-3-6-17/h13-14,16-17,20-21,23,25,28H,2-12,15,24H2,1H3/t16-,21-,23?/m1/s1. The fourth-order valence-corrected chi connectivity index (χ4v) is 5.10. The van der Waals surface area contributed by atoms with Gasteiger partial charge in [-0.1, -0.05) is 18.9 Å². The normalized spacial score (nSPS) is 25.4. The van der Waals surface area contributed by atoms with Crippen molar-refractivity contribution in [3.63, 3.8) is 0 Å². The van der Waals surface area contributed by atoms with Crippen molar-refractivity contribution in [2.45, 2.75) is 88.6 Å². The SMILES string of the molecule is C[C@H](c1cnc(C2CCCC2)c(CCCN)c1)N(C1CC1)C(O)[C@H]1CNCCO1. The van der Waals surface area contributed by atoms with Gasteiger partial charge in [0.25, 0.3) is 0 Å². The first-order valence-corrected chi connectivity index (χ1v) is 11.7. The molecule has 1 aromatic heterocycles. The third-order valence-corrected chi connectivity index (χ3v) is 6.91. The van der Waals surface area contributed by atoms with Gasteiger partial charge in [0, 0.05) is 43.0 Å². The van der Waals surface area contributed by atoms with Crippen molar-refractivity contribution in [1.82, 2.24) is 15.2 Å². The number of hydrogen-bond donors (Lipinski definition) is 3. The van der Waals surface area contributed by atoms with Gasteiger partial charge in [0.15, 0.2) is 0 Å². The van der Waals surface area contributed by atoms with Gasteiger partial charge in [-0.3, -0.25) is 9.88 Å². The number of pyridine rings is 1. The molecule has 3 fully saturated rings. The van der Waals surface area contributed by atoms with E-state index in [0.717, 1.165) is 32.2 Å². The number of nitrogens with two attached hydrogens (primary N) is 1. The van der Waals surface area contributed by atoms with Crippen LogP contribution in [-0.4, -0.2) is 59.6 Å². The van der Waals surface area contributed by atoms with Gasteiger partial charge in [0.1, 0.15) is 12.3 Å². The molecule has 0 amide bonds. The molecule has 6 nitrogen and oxygen atoms in total. The molecule has 2 aliphatic carbocycles. The zero-order chi connectivity index (χ0) is 20.2. The number of nitrogens with one attached hydrogen (secondary N) is 1. The number of nitrogens with zero attached hydrogens (tertiary/aromatic N) is 2. The van der Waals surface area contributed by atoms with Crippen molar-refractivity contribution in [3.05, 3.63) is 29.1 Å². The summed E-state index contributed by atoms with van der Waals surface area (Å²) >= 11 is 0. The minimum atomic E-state index is -0.590. The molecule has 2 saturated carbocycles. The first kappa shape index (κ1) is 21.2. The zero-order valence-electron chi connectivity index (χ0n) is 17.9. The molecule has 0 aromatic carbocycles. The maximum atomic E-state index is 11.1. The van der Waals surface area contributed by atoms with E-state index >= 15 is 0 Å². The predicted molar refractivity (Wildman–Crippen MR) is 115 cm³/mol. The summed E-state index contributed by atoms with van der Waals surface area (Å²) in [4.78, 5) is 7.24. The molecule has 6 heteroatoms. The quantitative estimate of drug-likeness (QED) is 0.551. The molecule has 162 valence electrons. The molecular weight excluding hydrogens is 364 g/mol. The van der Waals surface area contributed by atoms with Crippen molar-refractivity contribution in [1.29, 1.82) is 0 Å². The second-order valence-electron chi connectivity index (χ2n) is 9.07. The van der Waals surface area contributed by atoms with Crippen LogP contribution in [0, 0.1) is 0 Å². The number of aromatic nitrogens is 1. The molecule has 1 aliphatic heterocycles. The van der Waals surface area contributed by atoms with Gasteiger partial charge >= 0.3 is 0 Å². The molecule has 0 radical (unpaired) electrons. The molecule has 0 bridgehead atoms. The highest BCUT2D eigenvalue weighted by Crippen LogP contribution is 2.39. The summed E-state index contributed by atoms with van der Waals surface area (Å²) in [7, 11) is 0. The van der Waals surface area contributed by atoms with Crippen LogP contribution in [0.2, 0.25) is 0 Å². The lowest BCUT2D eigenvalue weighted by molar-refractivity contribution is -0.135. The summed E-state index contributed by atoms with van der Waals surface area (Å²) in [5, 5.41) is 14.5. The van der Waals surface area contributed by atoms with Gasteiger partial charge in [0.05, 0.1) is 6.61 Å². The fourth-order valence-electron chi connectivity index (χ4n) is 5.10. The lowest BCUT2D eigenvalue weighted by Crippen LogP contribution is -2.53. The molecule has 4 N–H and O–H groups in total. The Labute approximate surface area is 175 Å².